The Morgan fingerprint density at radius 2 is 1.93 bits per heavy atom. The number of aliphatic hydroxyl groups excluding tert-OH is 1. The van der Waals surface area contributed by atoms with E-state index in [9.17, 15) is 14.4 Å². The smallest absolute Gasteiger partial charge is 0.343 e. The predicted molar refractivity (Wildman–Crippen MR) is 44.0 cm³/mol. The first-order chi connectivity index (χ1) is 6.47. The second-order valence-corrected chi connectivity index (χ2v) is 2.44. The summed E-state index contributed by atoms with van der Waals surface area (Å²) >= 11 is 0. The second-order valence-electron chi connectivity index (χ2n) is 2.44. The van der Waals surface area contributed by atoms with Crippen molar-refractivity contribution in [1.29, 1.82) is 0 Å². The summed E-state index contributed by atoms with van der Waals surface area (Å²) in [4.78, 5) is 31.9. The lowest BCUT2D eigenvalue weighted by Gasteiger charge is -2.07. The molecule has 0 saturated carbocycles. The van der Waals surface area contributed by atoms with E-state index in [1.165, 1.54) is 0 Å². The molecule has 0 rings (SSSR count). The average molecular weight is 204 g/mol. The average Bonchev–Trinajstić information content (AvgIpc) is 2.02. The molecule has 0 aliphatic heterocycles. The Kier molecular flexibility index (Phi) is 5.47. The van der Waals surface area contributed by atoms with Crippen LogP contribution >= 0.6 is 0 Å². The van der Waals surface area contributed by atoms with Crippen LogP contribution in [0.5, 0.6) is 0 Å². The topological polar surface area (TPSA) is 89.9 Å². The van der Waals surface area contributed by atoms with Gasteiger partial charge in [0.25, 0.3) is 0 Å². The predicted octanol–water partition coefficient (Wildman–Crippen LogP) is -0.610. The standard InChI is InChI=1S/C8H12O6/c1-3-13-7(11)4-6(10)8(12)14-5(2)9/h6,10H,3-4H2,1-2H3. The third-order valence-electron chi connectivity index (χ3n) is 1.18. The molecule has 0 amide bonds. The van der Waals surface area contributed by atoms with Gasteiger partial charge in [0.15, 0.2) is 6.10 Å². The van der Waals surface area contributed by atoms with Gasteiger partial charge in [-0.1, -0.05) is 0 Å². The molecule has 0 bridgehead atoms. The highest BCUT2D eigenvalue weighted by atomic mass is 16.6. The van der Waals surface area contributed by atoms with E-state index < -0.39 is 30.4 Å². The van der Waals surface area contributed by atoms with Gasteiger partial charge < -0.3 is 14.6 Å². The zero-order valence-corrected chi connectivity index (χ0v) is 7.98. The summed E-state index contributed by atoms with van der Waals surface area (Å²) in [6.45, 7) is 2.78. The van der Waals surface area contributed by atoms with E-state index in [0.29, 0.717) is 0 Å². The fourth-order valence-electron chi connectivity index (χ4n) is 0.671. The zero-order valence-electron chi connectivity index (χ0n) is 7.98. The number of hydrogen-bond donors (Lipinski definition) is 1. The maximum atomic E-state index is 10.8. The summed E-state index contributed by atoms with van der Waals surface area (Å²) in [6.07, 6.45) is -2.17. The fourth-order valence-corrected chi connectivity index (χ4v) is 0.671. The fraction of sp³-hybridized carbons (Fsp3) is 0.625. The van der Waals surface area contributed by atoms with E-state index in [4.69, 9.17) is 5.11 Å². The largest absolute Gasteiger partial charge is 0.466 e. The summed E-state index contributed by atoms with van der Waals surface area (Å²) < 4.78 is 8.53. The number of esters is 3. The number of carbonyl (C=O) groups is 3. The molecule has 14 heavy (non-hydrogen) atoms. The van der Waals surface area contributed by atoms with Crippen LogP contribution in [0.4, 0.5) is 0 Å². The molecule has 6 nitrogen and oxygen atoms in total. The van der Waals surface area contributed by atoms with Crippen molar-refractivity contribution in [2.75, 3.05) is 6.61 Å². The van der Waals surface area contributed by atoms with Crippen molar-refractivity contribution < 1.29 is 29.0 Å². The summed E-state index contributed by atoms with van der Waals surface area (Å²) in [5.74, 6) is -2.70. The third kappa shape index (κ3) is 5.26. The van der Waals surface area contributed by atoms with Gasteiger partial charge in [-0.2, -0.15) is 0 Å². The Labute approximate surface area is 80.8 Å². The van der Waals surface area contributed by atoms with Crippen molar-refractivity contribution in [3.8, 4) is 0 Å². The molecule has 0 aromatic heterocycles. The molecule has 0 heterocycles. The molecule has 0 aliphatic rings. The van der Waals surface area contributed by atoms with E-state index in [2.05, 4.69) is 9.47 Å². The van der Waals surface area contributed by atoms with Crippen molar-refractivity contribution >= 4 is 17.9 Å². The van der Waals surface area contributed by atoms with Gasteiger partial charge in [0.05, 0.1) is 13.0 Å². The lowest BCUT2D eigenvalue weighted by molar-refractivity contribution is -0.167. The molecule has 0 spiro atoms. The molecular formula is C8H12O6. The van der Waals surface area contributed by atoms with Crippen LogP contribution in [0.3, 0.4) is 0 Å². The zero-order chi connectivity index (χ0) is 11.1. The lowest BCUT2D eigenvalue weighted by atomic mass is 10.2. The Bertz CT molecular complexity index is 234. The number of hydrogen-bond acceptors (Lipinski definition) is 6. The molecule has 80 valence electrons. The number of carbonyl (C=O) groups excluding carboxylic acids is 3. The first-order valence-corrected chi connectivity index (χ1v) is 4.03. The van der Waals surface area contributed by atoms with Gasteiger partial charge in [0, 0.05) is 6.92 Å². The molecule has 0 fully saturated rings. The van der Waals surface area contributed by atoms with Crippen LogP contribution in [0.2, 0.25) is 0 Å². The van der Waals surface area contributed by atoms with Crippen LogP contribution in [0.1, 0.15) is 20.3 Å². The van der Waals surface area contributed by atoms with Crippen molar-refractivity contribution in [3.63, 3.8) is 0 Å². The summed E-state index contributed by atoms with van der Waals surface area (Å²) in [5.41, 5.74) is 0. The van der Waals surface area contributed by atoms with Gasteiger partial charge in [0.2, 0.25) is 0 Å². The van der Waals surface area contributed by atoms with Gasteiger partial charge in [0.1, 0.15) is 0 Å². The van der Waals surface area contributed by atoms with Crippen LogP contribution in [0.25, 0.3) is 0 Å². The van der Waals surface area contributed by atoms with Gasteiger partial charge in [-0.25, -0.2) is 4.79 Å². The molecule has 6 heteroatoms. The molecule has 0 saturated heterocycles. The highest BCUT2D eigenvalue weighted by Crippen LogP contribution is 1.98. The highest BCUT2D eigenvalue weighted by molar-refractivity contribution is 5.89. The minimum atomic E-state index is -1.65. The van der Waals surface area contributed by atoms with E-state index in [1.807, 2.05) is 0 Å². The molecule has 0 radical (unpaired) electrons. The number of ether oxygens (including phenoxy) is 2. The monoisotopic (exact) mass is 204 g/mol. The third-order valence-corrected chi connectivity index (χ3v) is 1.18. The quantitative estimate of drug-likeness (QED) is 0.485. The van der Waals surface area contributed by atoms with Crippen molar-refractivity contribution in [2.45, 2.75) is 26.4 Å². The SMILES string of the molecule is CCOC(=O)CC(O)C(=O)OC(C)=O. The minimum Gasteiger partial charge on any atom is -0.466 e. The van der Waals surface area contributed by atoms with Gasteiger partial charge in [-0.15, -0.1) is 0 Å². The van der Waals surface area contributed by atoms with Gasteiger partial charge in [-0.3, -0.25) is 9.59 Å². The molecule has 1 unspecified atom stereocenters. The van der Waals surface area contributed by atoms with E-state index >= 15 is 0 Å². The highest BCUT2D eigenvalue weighted by Gasteiger charge is 2.22. The van der Waals surface area contributed by atoms with Crippen LogP contribution in [-0.4, -0.2) is 35.7 Å². The first kappa shape index (κ1) is 12.6. The normalized spacial score (nSPS) is 11.6. The Morgan fingerprint density at radius 3 is 2.36 bits per heavy atom. The van der Waals surface area contributed by atoms with Crippen LogP contribution < -0.4 is 0 Å². The Balaban J connectivity index is 3.94. The van der Waals surface area contributed by atoms with Crippen molar-refractivity contribution in [3.05, 3.63) is 0 Å². The van der Waals surface area contributed by atoms with E-state index in [-0.39, 0.29) is 6.61 Å². The lowest BCUT2D eigenvalue weighted by Crippen LogP contribution is -2.28. The van der Waals surface area contributed by atoms with Crippen molar-refractivity contribution in [1.82, 2.24) is 0 Å². The van der Waals surface area contributed by atoms with Crippen LogP contribution in [-0.2, 0) is 23.9 Å². The van der Waals surface area contributed by atoms with Crippen LogP contribution in [0, 0.1) is 0 Å². The molecule has 0 aromatic carbocycles. The maximum absolute atomic E-state index is 10.8. The van der Waals surface area contributed by atoms with Gasteiger partial charge >= 0.3 is 17.9 Å². The minimum absolute atomic E-state index is 0.160. The van der Waals surface area contributed by atoms with E-state index in [1.54, 1.807) is 6.92 Å². The Hall–Kier alpha value is -1.43. The molecule has 0 aliphatic carbocycles. The second kappa shape index (κ2) is 6.09. The van der Waals surface area contributed by atoms with Crippen molar-refractivity contribution in [2.24, 2.45) is 0 Å². The number of rotatable bonds is 4. The molecule has 1 atom stereocenters. The van der Waals surface area contributed by atoms with Crippen LogP contribution in [0.15, 0.2) is 0 Å². The molecule has 0 aromatic rings. The first-order valence-electron chi connectivity index (χ1n) is 4.03. The van der Waals surface area contributed by atoms with Gasteiger partial charge in [-0.05, 0) is 6.92 Å². The summed E-state index contributed by atoms with van der Waals surface area (Å²) in [6, 6.07) is 0. The molecule has 1 N–H and O–H groups in total. The maximum Gasteiger partial charge on any atom is 0.343 e. The summed E-state index contributed by atoms with van der Waals surface area (Å²) in [7, 11) is 0. The summed E-state index contributed by atoms with van der Waals surface area (Å²) in [5, 5.41) is 9.04. The molecular weight excluding hydrogens is 192 g/mol. The van der Waals surface area contributed by atoms with E-state index in [0.717, 1.165) is 6.92 Å². The Morgan fingerprint density at radius 1 is 1.36 bits per heavy atom. The number of aliphatic hydroxyl groups is 1.